The average molecular weight is 622 g/mol. The molecule has 2 saturated heterocycles. The van der Waals surface area contributed by atoms with Crippen LogP contribution in [0.3, 0.4) is 0 Å². The molecule has 1 aromatic heterocycles. The van der Waals surface area contributed by atoms with Gasteiger partial charge in [-0.2, -0.15) is 5.10 Å². The highest BCUT2D eigenvalue weighted by Gasteiger charge is 2.45. The molecule has 0 aliphatic carbocycles. The van der Waals surface area contributed by atoms with Crippen molar-refractivity contribution >= 4 is 34.6 Å². The Morgan fingerprint density at radius 3 is 2.49 bits per heavy atom. The number of halogens is 2. The zero-order valence-corrected chi connectivity index (χ0v) is 25.8. The van der Waals surface area contributed by atoms with Crippen LogP contribution in [0.25, 0.3) is 0 Å². The standard InChI is InChI=1S/C33H36Cl2N5O3/c1-3-4-25-5-12-32(24(2)17-25)39-15-13-38(14-16-39)27-7-9-28(10-8-27)41-19-29-20-42-33(43-29,21-40-23-36-22-37-40)30-11-6-26(34)18-31(30)35/h5-12,17-18,22-23,29H,1,3-4,13-16,19-21H2,2H3. The van der Waals surface area contributed by atoms with Crippen molar-refractivity contribution in [2.24, 2.45) is 0 Å². The van der Waals surface area contributed by atoms with E-state index in [4.69, 9.17) is 37.4 Å². The van der Waals surface area contributed by atoms with E-state index in [1.54, 1.807) is 23.1 Å². The first-order chi connectivity index (χ1) is 20.9. The van der Waals surface area contributed by atoms with Gasteiger partial charge in [0.2, 0.25) is 5.79 Å². The zero-order chi connectivity index (χ0) is 29.8. The Morgan fingerprint density at radius 1 is 1.00 bits per heavy atom. The number of piperazine rings is 1. The summed E-state index contributed by atoms with van der Waals surface area (Å²) in [7, 11) is 0. The molecule has 0 spiro atoms. The van der Waals surface area contributed by atoms with Crippen LogP contribution in [-0.4, -0.2) is 60.3 Å². The zero-order valence-electron chi connectivity index (χ0n) is 24.3. The predicted molar refractivity (Wildman–Crippen MR) is 170 cm³/mol. The van der Waals surface area contributed by atoms with E-state index in [2.05, 4.69) is 64.1 Å². The van der Waals surface area contributed by atoms with Crippen LogP contribution in [-0.2, 0) is 28.2 Å². The third kappa shape index (κ3) is 6.78. The summed E-state index contributed by atoms with van der Waals surface area (Å²) in [5.41, 5.74) is 5.91. The van der Waals surface area contributed by atoms with Crippen molar-refractivity contribution in [3.05, 3.63) is 107 Å². The quantitative estimate of drug-likeness (QED) is 0.205. The lowest BCUT2D eigenvalue weighted by Crippen LogP contribution is -2.46. The van der Waals surface area contributed by atoms with E-state index in [0.29, 0.717) is 28.8 Å². The molecule has 0 saturated carbocycles. The Bertz CT molecular complexity index is 1510. The predicted octanol–water partition coefficient (Wildman–Crippen LogP) is 6.33. The summed E-state index contributed by atoms with van der Waals surface area (Å²) in [4.78, 5) is 8.96. The minimum atomic E-state index is -1.14. The highest BCUT2D eigenvalue weighted by Crippen LogP contribution is 2.40. The summed E-state index contributed by atoms with van der Waals surface area (Å²) in [5, 5.41) is 5.23. The van der Waals surface area contributed by atoms with Crippen LogP contribution in [0.1, 0.15) is 23.1 Å². The second kappa shape index (κ2) is 13.1. The molecule has 2 fully saturated rings. The number of aryl methyl sites for hydroxylation is 2. The van der Waals surface area contributed by atoms with E-state index in [1.807, 2.05) is 18.2 Å². The van der Waals surface area contributed by atoms with Crippen molar-refractivity contribution in [3.63, 3.8) is 0 Å². The summed E-state index contributed by atoms with van der Waals surface area (Å²) < 4.78 is 20.5. The number of hydrogen-bond donors (Lipinski definition) is 0. The van der Waals surface area contributed by atoms with Gasteiger partial charge in [0.25, 0.3) is 0 Å². The Hall–Kier alpha value is -3.30. The number of rotatable bonds is 10. The maximum atomic E-state index is 6.57. The maximum Gasteiger partial charge on any atom is 0.217 e. The van der Waals surface area contributed by atoms with Crippen LogP contribution in [0, 0.1) is 13.8 Å². The minimum Gasteiger partial charge on any atom is -0.491 e. The maximum absolute atomic E-state index is 6.57. The van der Waals surface area contributed by atoms with Gasteiger partial charge in [-0.25, -0.2) is 9.67 Å². The molecule has 3 aromatic carbocycles. The molecule has 8 nitrogen and oxygen atoms in total. The number of aromatic nitrogens is 3. The first-order valence-corrected chi connectivity index (χ1v) is 15.4. The van der Waals surface area contributed by atoms with Crippen LogP contribution < -0.4 is 14.5 Å². The number of benzene rings is 3. The lowest BCUT2D eigenvalue weighted by molar-refractivity contribution is -0.190. The van der Waals surface area contributed by atoms with Crippen molar-refractivity contribution in [1.82, 2.24) is 14.8 Å². The molecule has 0 N–H and O–H groups in total. The van der Waals surface area contributed by atoms with Crippen molar-refractivity contribution in [3.8, 4) is 5.75 Å². The Labute approximate surface area is 263 Å². The molecular formula is C33H36Cl2N5O3. The highest BCUT2D eigenvalue weighted by molar-refractivity contribution is 6.35. The molecule has 43 heavy (non-hydrogen) atoms. The van der Waals surface area contributed by atoms with Crippen LogP contribution in [0.5, 0.6) is 5.75 Å². The SMILES string of the molecule is [CH2]CCc1ccc(N2CCN(c3ccc(OCC4COC(Cn5cncn5)(c5ccc(Cl)cc5Cl)O4)cc3)CC2)c(C)c1. The Kier molecular flexibility index (Phi) is 9.09. The van der Waals surface area contributed by atoms with E-state index in [0.717, 1.165) is 44.8 Å². The molecule has 2 atom stereocenters. The van der Waals surface area contributed by atoms with Gasteiger partial charge in [0.05, 0.1) is 11.6 Å². The van der Waals surface area contributed by atoms with Gasteiger partial charge in [0, 0.05) is 48.1 Å². The van der Waals surface area contributed by atoms with Gasteiger partial charge in [-0.15, -0.1) is 0 Å². The smallest absolute Gasteiger partial charge is 0.217 e. The molecule has 0 bridgehead atoms. The summed E-state index contributed by atoms with van der Waals surface area (Å²) in [6.07, 6.45) is 4.74. The second-order valence-corrected chi connectivity index (χ2v) is 11.9. The van der Waals surface area contributed by atoms with Crippen molar-refractivity contribution in [2.75, 3.05) is 49.2 Å². The molecule has 0 amide bonds. The molecule has 225 valence electrons. The van der Waals surface area contributed by atoms with Gasteiger partial charge >= 0.3 is 0 Å². The minimum absolute atomic E-state index is 0.286. The molecule has 2 aliphatic rings. The Balaban J connectivity index is 1.04. The normalized spacial score (nSPS) is 20.5. The lowest BCUT2D eigenvalue weighted by atomic mass is 10.0. The Morgan fingerprint density at radius 2 is 1.79 bits per heavy atom. The monoisotopic (exact) mass is 620 g/mol. The van der Waals surface area contributed by atoms with Gasteiger partial charge in [-0.05, 0) is 73.4 Å². The van der Waals surface area contributed by atoms with E-state index >= 15 is 0 Å². The van der Waals surface area contributed by atoms with Crippen molar-refractivity contribution in [2.45, 2.75) is 38.2 Å². The average Bonchev–Trinajstić information content (AvgIpc) is 3.67. The molecule has 2 aliphatic heterocycles. The van der Waals surface area contributed by atoms with Gasteiger partial charge in [0.1, 0.15) is 37.7 Å². The fourth-order valence-electron chi connectivity index (χ4n) is 5.86. The van der Waals surface area contributed by atoms with Crippen LogP contribution in [0.2, 0.25) is 10.0 Å². The van der Waals surface area contributed by atoms with Gasteiger partial charge in [0.15, 0.2) is 0 Å². The highest BCUT2D eigenvalue weighted by atomic mass is 35.5. The van der Waals surface area contributed by atoms with E-state index in [9.17, 15) is 0 Å². The van der Waals surface area contributed by atoms with Gasteiger partial charge in [-0.3, -0.25) is 0 Å². The summed E-state index contributed by atoms with van der Waals surface area (Å²) in [6.45, 7) is 11.1. The molecule has 4 aromatic rings. The van der Waals surface area contributed by atoms with E-state index in [1.165, 1.54) is 28.8 Å². The van der Waals surface area contributed by atoms with Crippen LogP contribution in [0.15, 0.2) is 73.3 Å². The number of nitrogens with zero attached hydrogens (tertiary/aromatic N) is 5. The van der Waals surface area contributed by atoms with Gasteiger partial charge < -0.3 is 24.0 Å². The second-order valence-electron chi connectivity index (χ2n) is 11.0. The topological polar surface area (TPSA) is 64.9 Å². The largest absolute Gasteiger partial charge is 0.491 e. The number of hydrogen-bond acceptors (Lipinski definition) is 7. The summed E-state index contributed by atoms with van der Waals surface area (Å²) in [6, 6.07) is 20.4. The summed E-state index contributed by atoms with van der Waals surface area (Å²) >= 11 is 12.7. The molecule has 1 radical (unpaired) electrons. The molecule has 6 rings (SSSR count). The third-order valence-electron chi connectivity index (χ3n) is 8.02. The van der Waals surface area contributed by atoms with E-state index < -0.39 is 5.79 Å². The number of ether oxygens (including phenoxy) is 3. The summed E-state index contributed by atoms with van der Waals surface area (Å²) in [5.74, 6) is -0.356. The molecule has 2 unspecified atom stereocenters. The first kappa shape index (κ1) is 29.8. The van der Waals surface area contributed by atoms with Crippen LogP contribution >= 0.6 is 23.2 Å². The number of anilines is 2. The fraction of sp³-hybridized carbons (Fsp3) is 0.364. The first-order valence-electron chi connectivity index (χ1n) is 14.6. The molecule has 3 heterocycles. The van der Waals surface area contributed by atoms with Crippen molar-refractivity contribution in [1.29, 1.82) is 0 Å². The molecular weight excluding hydrogens is 585 g/mol. The van der Waals surface area contributed by atoms with Gasteiger partial charge in [-0.1, -0.05) is 48.3 Å². The fourth-order valence-corrected chi connectivity index (χ4v) is 6.41. The van der Waals surface area contributed by atoms with E-state index in [-0.39, 0.29) is 12.6 Å². The van der Waals surface area contributed by atoms with Crippen molar-refractivity contribution < 1.29 is 14.2 Å². The third-order valence-corrected chi connectivity index (χ3v) is 8.57. The van der Waals surface area contributed by atoms with Crippen LogP contribution in [0.4, 0.5) is 11.4 Å². The lowest BCUT2D eigenvalue weighted by Gasteiger charge is -2.38. The molecule has 10 heteroatoms.